The Kier molecular flexibility index (Phi) is 8.88. The lowest BCUT2D eigenvalue weighted by Gasteiger charge is -2.26. The molecule has 2 N–H and O–H groups in total. The van der Waals surface area contributed by atoms with Crippen LogP contribution >= 0.6 is 24.0 Å². The number of hydrogen-bond donors (Lipinski definition) is 2. The first-order valence-corrected chi connectivity index (χ1v) is 9.84. The fraction of sp³-hybridized carbons (Fsp3) is 0.409. The number of nitrogens with zero attached hydrogens (tertiary/aromatic N) is 4. The molecule has 3 aromatic rings. The Hall–Kier alpha value is -2.16. The molecule has 0 atom stereocenters. The second-order valence-electron chi connectivity index (χ2n) is 7.83. The van der Waals surface area contributed by atoms with Crippen molar-refractivity contribution in [2.45, 2.75) is 39.7 Å². The Bertz CT molecular complexity index is 904. The van der Waals surface area contributed by atoms with Crippen molar-refractivity contribution in [1.82, 2.24) is 25.2 Å². The van der Waals surface area contributed by atoms with Crippen molar-refractivity contribution in [2.24, 2.45) is 10.4 Å². The van der Waals surface area contributed by atoms with Gasteiger partial charge >= 0.3 is 0 Å². The molecule has 7 heteroatoms. The Labute approximate surface area is 190 Å². The molecule has 2 aromatic heterocycles. The van der Waals surface area contributed by atoms with Gasteiger partial charge in [-0.05, 0) is 42.4 Å². The van der Waals surface area contributed by atoms with Crippen LogP contribution in [0.1, 0.15) is 38.1 Å². The second-order valence-corrected chi connectivity index (χ2v) is 7.83. The first-order chi connectivity index (χ1) is 13.6. The van der Waals surface area contributed by atoms with Gasteiger partial charge in [0.2, 0.25) is 0 Å². The number of benzene rings is 1. The minimum absolute atomic E-state index is 0. The third-order valence-electron chi connectivity index (χ3n) is 4.92. The van der Waals surface area contributed by atoms with Gasteiger partial charge in [-0.15, -0.1) is 34.2 Å². The van der Waals surface area contributed by atoms with E-state index in [0.717, 1.165) is 36.8 Å². The summed E-state index contributed by atoms with van der Waals surface area (Å²) < 4.78 is 1.98. The number of aromatic nitrogens is 3. The quantitative estimate of drug-likeness (QED) is 0.275. The maximum atomic E-state index is 4.34. The highest BCUT2D eigenvalue weighted by molar-refractivity contribution is 14.0. The average molecular weight is 506 g/mol. The number of pyridine rings is 1. The van der Waals surface area contributed by atoms with Gasteiger partial charge in [0.25, 0.3) is 0 Å². The lowest BCUT2D eigenvalue weighted by Crippen LogP contribution is -2.42. The van der Waals surface area contributed by atoms with E-state index < -0.39 is 0 Å². The van der Waals surface area contributed by atoms with Gasteiger partial charge in [0.15, 0.2) is 17.4 Å². The van der Waals surface area contributed by atoms with E-state index in [9.17, 15) is 0 Å². The zero-order chi connectivity index (χ0) is 19.8. The molecule has 0 aliphatic heterocycles. The van der Waals surface area contributed by atoms with Crippen molar-refractivity contribution in [3.8, 4) is 0 Å². The van der Waals surface area contributed by atoms with E-state index >= 15 is 0 Å². The summed E-state index contributed by atoms with van der Waals surface area (Å²) in [5.41, 5.74) is 2.44. The highest BCUT2D eigenvalue weighted by Gasteiger charge is 2.18. The van der Waals surface area contributed by atoms with Gasteiger partial charge in [-0.1, -0.05) is 50.2 Å². The van der Waals surface area contributed by atoms with E-state index in [-0.39, 0.29) is 29.4 Å². The second kappa shape index (κ2) is 11.1. The van der Waals surface area contributed by atoms with Crippen LogP contribution in [0.3, 0.4) is 0 Å². The Morgan fingerprint density at radius 3 is 2.55 bits per heavy atom. The zero-order valence-electron chi connectivity index (χ0n) is 17.4. The first kappa shape index (κ1) is 23.1. The fourth-order valence-corrected chi connectivity index (χ4v) is 3.22. The molecule has 0 radical (unpaired) electrons. The molecule has 0 amide bonds. The molecule has 2 heterocycles. The van der Waals surface area contributed by atoms with Crippen LogP contribution in [0.25, 0.3) is 5.65 Å². The van der Waals surface area contributed by atoms with Gasteiger partial charge < -0.3 is 10.6 Å². The largest absolute Gasteiger partial charge is 0.356 e. The number of aryl methyl sites for hydroxylation is 1. The number of rotatable bonds is 8. The van der Waals surface area contributed by atoms with Crippen molar-refractivity contribution in [2.75, 3.05) is 13.6 Å². The van der Waals surface area contributed by atoms with Crippen LogP contribution in [0.15, 0.2) is 59.7 Å². The van der Waals surface area contributed by atoms with Crippen LogP contribution in [0.4, 0.5) is 0 Å². The molecule has 0 aliphatic rings. The predicted molar refractivity (Wildman–Crippen MR) is 130 cm³/mol. The number of nitrogens with one attached hydrogen (secondary N) is 2. The predicted octanol–water partition coefficient (Wildman–Crippen LogP) is 4.06. The van der Waals surface area contributed by atoms with E-state index in [2.05, 4.69) is 70.0 Å². The summed E-state index contributed by atoms with van der Waals surface area (Å²) in [7, 11) is 1.79. The van der Waals surface area contributed by atoms with Crippen LogP contribution in [0.5, 0.6) is 0 Å². The molecular weight excluding hydrogens is 475 g/mol. The molecule has 156 valence electrons. The van der Waals surface area contributed by atoms with E-state index in [1.165, 1.54) is 12.0 Å². The van der Waals surface area contributed by atoms with Crippen molar-refractivity contribution in [3.63, 3.8) is 0 Å². The molecule has 0 fully saturated rings. The third kappa shape index (κ3) is 6.99. The Morgan fingerprint density at radius 2 is 1.79 bits per heavy atom. The van der Waals surface area contributed by atoms with Crippen molar-refractivity contribution < 1.29 is 0 Å². The fourth-order valence-electron chi connectivity index (χ4n) is 3.22. The van der Waals surface area contributed by atoms with Crippen molar-refractivity contribution in [3.05, 3.63) is 66.1 Å². The van der Waals surface area contributed by atoms with Gasteiger partial charge in [-0.3, -0.25) is 9.39 Å². The third-order valence-corrected chi connectivity index (χ3v) is 4.92. The van der Waals surface area contributed by atoms with Crippen LogP contribution in [-0.4, -0.2) is 34.2 Å². The molecule has 3 rings (SSSR count). The Balaban J connectivity index is 0.00000300. The normalized spacial score (nSPS) is 11.9. The summed E-state index contributed by atoms with van der Waals surface area (Å²) in [5.74, 6) is 1.64. The molecule has 1 aromatic carbocycles. The van der Waals surface area contributed by atoms with E-state index in [4.69, 9.17) is 0 Å². The molecule has 0 unspecified atom stereocenters. The van der Waals surface area contributed by atoms with Gasteiger partial charge in [0, 0.05) is 19.8 Å². The minimum atomic E-state index is 0. The highest BCUT2D eigenvalue weighted by atomic mass is 127. The standard InChI is InChI=1S/C22H30N6.HI/c1-22(2,14-9-12-18-10-5-4-6-11-18)17-25-21(23-3)24-16-20-27-26-19-13-7-8-15-28(19)20;/h4-8,10-11,13,15H,9,12,14,16-17H2,1-3H3,(H2,23,24,25);1H. The Morgan fingerprint density at radius 1 is 1.03 bits per heavy atom. The minimum Gasteiger partial charge on any atom is -0.356 e. The molecule has 0 aliphatic carbocycles. The number of aliphatic imine (C=N–C) groups is 1. The van der Waals surface area contributed by atoms with Crippen LogP contribution in [-0.2, 0) is 13.0 Å². The number of halogens is 1. The van der Waals surface area contributed by atoms with Gasteiger partial charge in [0.1, 0.15) is 0 Å². The van der Waals surface area contributed by atoms with Crippen molar-refractivity contribution >= 4 is 35.6 Å². The molecule has 0 saturated heterocycles. The van der Waals surface area contributed by atoms with Crippen LogP contribution in [0.2, 0.25) is 0 Å². The number of guanidine groups is 1. The van der Waals surface area contributed by atoms with Gasteiger partial charge in [-0.25, -0.2) is 0 Å². The van der Waals surface area contributed by atoms with E-state index in [0.29, 0.717) is 6.54 Å². The zero-order valence-corrected chi connectivity index (χ0v) is 19.8. The molecular formula is C22H31IN6. The maximum absolute atomic E-state index is 4.34. The number of hydrogen-bond acceptors (Lipinski definition) is 3. The lowest BCUT2D eigenvalue weighted by atomic mass is 9.86. The van der Waals surface area contributed by atoms with E-state index in [1.807, 2.05) is 28.8 Å². The molecule has 0 spiro atoms. The van der Waals surface area contributed by atoms with Gasteiger partial charge in [0.05, 0.1) is 6.54 Å². The summed E-state index contributed by atoms with van der Waals surface area (Å²) in [4.78, 5) is 4.34. The smallest absolute Gasteiger partial charge is 0.191 e. The van der Waals surface area contributed by atoms with E-state index in [1.54, 1.807) is 7.05 Å². The highest BCUT2D eigenvalue weighted by Crippen LogP contribution is 2.22. The summed E-state index contributed by atoms with van der Waals surface area (Å²) in [6.07, 6.45) is 5.42. The van der Waals surface area contributed by atoms with Crippen LogP contribution in [0, 0.1) is 5.41 Å². The topological polar surface area (TPSA) is 66.6 Å². The summed E-state index contributed by atoms with van der Waals surface area (Å²) >= 11 is 0. The molecule has 0 saturated carbocycles. The first-order valence-electron chi connectivity index (χ1n) is 9.84. The molecule has 29 heavy (non-hydrogen) atoms. The maximum Gasteiger partial charge on any atom is 0.191 e. The summed E-state index contributed by atoms with van der Waals surface area (Å²) in [6.45, 7) is 6.02. The lowest BCUT2D eigenvalue weighted by molar-refractivity contribution is 0.323. The van der Waals surface area contributed by atoms with Gasteiger partial charge in [-0.2, -0.15) is 0 Å². The average Bonchev–Trinajstić information content (AvgIpc) is 3.12. The summed E-state index contributed by atoms with van der Waals surface area (Å²) in [5, 5.41) is 15.2. The van der Waals surface area contributed by atoms with Crippen LogP contribution < -0.4 is 10.6 Å². The van der Waals surface area contributed by atoms with Crippen molar-refractivity contribution in [1.29, 1.82) is 0 Å². The number of fused-ring (bicyclic) bond motifs is 1. The molecule has 0 bridgehead atoms. The summed E-state index contributed by atoms with van der Waals surface area (Å²) in [6, 6.07) is 16.6. The molecule has 6 nitrogen and oxygen atoms in total. The SMILES string of the molecule is CN=C(NCc1nnc2ccccn12)NCC(C)(C)CCCc1ccccc1.I. The monoisotopic (exact) mass is 506 g/mol.